The topological polar surface area (TPSA) is 87.2 Å². The summed E-state index contributed by atoms with van der Waals surface area (Å²) in [5.41, 5.74) is 2.76. The molecule has 1 saturated heterocycles. The molecule has 1 fully saturated rings. The number of fused-ring (bicyclic) bond motifs is 1. The summed E-state index contributed by atoms with van der Waals surface area (Å²) in [7, 11) is -3.70. The van der Waals surface area contributed by atoms with Crippen molar-refractivity contribution >= 4 is 44.3 Å². The van der Waals surface area contributed by atoms with E-state index in [-0.39, 0.29) is 28.2 Å². The quantitative estimate of drug-likeness (QED) is 0.0956. The van der Waals surface area contributed by atoms with Crippen molar-refractivity contribution in [2.45, 2.75) is 37.6 Å². The molecule has 1 aliphatic heterocycles. The highest BCUT2D eigenvalue weighted by molar-refractivity contribution is 7.89. The number of piperazine rings is 1. The van der Waals surface area contributed by atoms with Crippen molar-refractivity contribution in [3.05, 3.63) is 143 Å². The zero-order chi connectivity index (χ0) is 36.0. The van der Waals surface area contributed by atoms with Gasteiger partial charge in [-0.3, -0.25) is 9.69 Å². The second-order valence-corrected chi connectivity index (χ2v) is 15.1. The fourth-order valence-electron chi connectivity index (χ4n) is 6.64. The summed E-state index contributed by atoms with van der Waals surface area (Å²) in [6.07, 6.45) is 1.40. The van der Waals surface area contributed by atoms with E-state index in [1.807, 2.05) is 80.6 Å². The Hall–Kier alpha value is -4.54. The first kappa shape index (κ1) is 36.3. The monoisotopic (exact) mass is 723 g/mol. The second kappa shape index (κ2) is 16.2. The van der Waals surface area contributed by atoms with Crippen molar-refractivity contribution in [3.8, 4) is 5.75 Å². The van der Waals surface area contributed by atoms with Crippen LogP contribution in [0.4, 0.5) is 0 Å². The molecule has 8 nitrogen and oxygen atoms in total. The molecule has 1 amide bonds. The molecule has 264 valence electrons. The number of sulfonamides is 1. The third kappa shape index (κ3) is 8.18. The van der Waals surface area contributed by atoms with Crippen LogP contribution < -0.4 is 4.74 Å². The third-order valence-corrected chi connectivity index (χ3v) is 11.4. The summed E-state index contributed by atoms with van der Waals surface area (Å²) in [6, 6.07) is 35.1. The second-order valence-electron chi connectivity index (χ2n) is 12.7. The molecule has 5 aromatic rings. The average Bonchev–Trinajstić information content (AvgIpc) is 3.16. The number of carbonyl (C=O) groups is 2. The lowest BCUT2D eigenvalue weighted by Crippen LogP contribution is -2.50. The molecule has 0 spiro atoms. The number of amides is 1. The number of carbonyl (C=O) groups excluding carboxylic acids is 2. The average molecular weight is 724 g/mol. The number of hydrogen-bond acceptors (Lipinski definition) is 6. The molecule has 1 heterocycles. The highest BCUT2D eigenvalue weighted by Gasteiger charge is 2.30. The number of benzene rings is 5. The number of halogens is 1. The van der Waals surface area contributed by atoms with Gasteiger partial charge in [-0.2, -0.15) is 4.31 Å². The number of nitrogens with zero attached hydrogens (tertiary/aromatic N) is 3. The molecule has 0 aliphatic carbocycles. The normalized spacial score (nSPS) is 14.5. The Balaban J connectivity index is 1.22. The van der Waals surface area contributed by atoms with Crippen molar-refractivity contribution < 1.29 is 22.7 Å². The van der Waals surface area contributed by atoms with E-state index in [1.54, 1.807) is 17.0 Å². The lowest BCUT2D eigenvalue weighted by atomic mass is 9.96. The van der Waals surface area contributed by atoms with Crippen molar-refractivity contribution in [2.75, 3.05) is 39.3 Å². The number of rotatable bonds is 12. The van der Waals surface area contributed by atoms with E-state index >= 15 is 0 Å². The molecular formula is C41H42ClN3O5S. The van der Waals surface area contributed by atoms with Gasteiger partial charge in [0.2, 0.25) is 10.0 Å². The van der Waals surface area contributed by atoms with E-state index in [0.717, 1.165) is 21.9 Å². The molecule has 5 aromatic carbocycles. The van der Waals surface area contributed by atoms with Crippen LogP contribution in [0.15, 0.2) is 120 Å². The van der Waals surface area contributed by atoms with Crippen LogP contribution in [0.5, 0.6) is 5.75 Å². The van der Waals surface area contributed by atoms with Crippen LogP contribution in [0.3, 0.4) is 0 Å². The number of esters is 1. The van der Waals surface area contributed by atoms with E-state index in [0.29, 0.717) is 62.7 Å². The number of ether oxygens (including phenoxy) is 1. The van der Waals surface area contributed by atoms with Crippen molar-refractivity contribution in [1.29, 1.82) is 0 Å². The summed E-state index contributed by atoms with van der Waals surface area (Å²) in [5.74, 6) is -0.747. The van der Waals surface area contributed by atoms with Gasteiger partial charge in [-0.15, -0.1) is 0 Å². The van der Waals surface area contributed by atoms with Gasteiger partial charge in [-0.1, -0.05) is 92.2 Å². The van der Waals surface area contributed by atoms with Gasteiger partial charge in [-0.05, 0) is 83.3 Å². The van der Waals surface area contributed by atoms with Crippen LogP contribution in [0, 0.1) is 0 Å². The lowest BCUT2D eigenvalue weighted by Gasteiger charge is -2.40. The standard InChI is InChI=1S/C41H42ClN3O5S/c1-3-22-45(23-4-2)51(48,49)36-20-16-32(17-21-36)41(47)50-38-29-34-13-9-8-12-33(34)28-37(38)40(46)44-26-24-43(25-27-44)39(30-10-6-5-7-11-30)31-14-18-35(42)19-15-31/h5-21,28-29,39H,3-4,22-27H2,1-2H3. The third-order valence-electron chi connectivity index (χ3n) is 9.22. The van der Waals surface area contributed by atoms with Crippen LogP contribution >= 0.6 is 11.6 Å². The summed E-state index contributed by atoms with van der Waals surface area (Å²) in [6.45, 7) is 6.96. The molecular weight excluding hydrogens is 682 g/mol. The Bertz CT molecular complexity index is 2080. The van der Waals surface area contributed by atoms with Gasteiger partial charge < -0.3 is 9.64 Å². The van der Waals surface area contributed by atoms with E-state index in [2.05, 4.69) is 17.0 Å². The summed E-state index contributed by atoms with van der Waals surface area (Å²) < 4.78 is 33.9. The van der Waals surface area contributed by atoms with Crippen LogP contribution in [-0.2, 0) is 10.0 Å². The molecule has 1 aliphatic rings. The minimum atomic E-state index is -3.70. The Morgan fingerprint density at radius 1 is 0.745 bits per heavy atom. The first-order valence-electron chi connectivity index (χ1n) is 17.4. The predicted molar refractivity (Wildman–Crippen MR) is 202 cm³/mol. The lowest BCUT2D eigenvalue weighted by molar-refractivity contribution is 0.0591. The fraction of sp³-hybridized carbons (Fsp3) is 0.268. The highest BCUT2D eigenvalue weighted by Crippen LogP contribution is 2.32. The predicted octanol–water partition coefficient (Wildman–Crippen LogP) is 8.07. The molecule has 0 aromatic heterocycles. The SMILES string of the molecule is CCCN(CCC)S(=O)(=O)c1ccc(C(=O)Oc2cc3ccccc3cc2C(=O)N2CCN(C(c3ccccc3)c3ccc(Cl)cc3)CC2)cc1. The maximum absolute atomic E-state index is 14.2. The minimum Gasteiger partial charge on any atom is -0.422 e. The van der Waals surface area contributed by atoms with Gasteiger partial charge >= 0.3 is 5.97 Å². The van der Waals surface area contributed by atoms with E-state index in [1.165, 1.54) is 28.6 Å². The van der Waals surface area contributed by atoms with Gasteiger partial charge in [0.15, 0.2) is 0 Å². The fourth-order valence-corrected chi connectivity index (χ4v) is 8.39. The van der Waals surface area contributed by atoms with Crippen molar-refractivity contribution in [3.63, 3.8) is 0 Å². The molecule has 0 saturated carbocycles. The maximum Gasteiger partial charge on any atom is 0.343 e. The Morgan fingerprint density at radius 2 is 1.31 bits per heavy atom. The van der Waals surface area contributed by atoms with Crippen molar-refractivity contribution in [2.24, 2.45) is 0 Å². The highest BCUT2D eigenvalue weighted by atomic mass is 35.5. The van der Waals surface area contributed by atoms with Gasteiger partial charge in [-0.25, -0.2) is 13.2 Å². The Morgan fingerprint density at radius 3 is 1.92 bits per heavy atom. The largest absolute Gasteiger partial charge is 0.422 e. The Kier molecular flexibility index (Phi) is 11.5. The summed E-state index contributed by atoms with van der Waals surface area (Å²) in [4.78, 5) is 32.0. The first-order chi connectivity index (χ1) is 24.7. The van der Waals surface area contributed by atoms with Crippen LogP contribution in [0.2, 0.25) is 5.02 Å². The molecule has 6 rings (SSSR count). The van der Waals surface area contributed by atoms with Crippen LogP contribution in [-0.4, -0.2) is 73.7 Å². The zero-order valence-electron chi connectivity index (χ0n) is 28.9. The molecule has 1 unspecified atom stereocenters. The minimum absolute atomic E-state index is 0.000594. The molecule has 0 radical (unpaired) electrons. The zero-order valence-corrected chi connectivity index (χ0v) is 30.4. The van der Waals surface area contributed by atoms with Gasteiger partial charge in [0.1, 0.15) is 5.75 Å². The molecule has 10 heteroatoms. The molecule has 1 atom stereocenters. The van der Waals surface area contributed by atoms with Crippen LogP contribution in [0.1, 0.15) is 64.6 Å². The van der Waals surface area contributed by atoms with Gasteiger partial charge in [0.05, 0.1) is 22.1 Å². The Labute approximate surface area is 305 Å². The smallest absolute Gasteiger partial charge is 0.343 e. The molecule has 0 bridgehead atoms. The van der Waals surface area contributed by atoms with Crippen LogP contribution in [0.25, 0.3) is 10.8 Å². The summed E-state index contributed by atoms with van der Waals surface area (Å²) >= 11 is 6.22. The molecule has 0 N–H and O–H groups in total. The molecule has 51 heavy (non-hydrogen) atoms. The van der Waals surface area contributed by atoms with Gasteiger partial charge in [0.25, 0.3) is 5.91 Å². The van der Waals surface area contributed by atoms with E-state index in [9.17, 15) is 18.0 Å². The first-order valence-corrected chi connectivity index (χ1v) is 19.2. The summed E-state index contributed by atoms with van der Waals surface area (Å²) in [5, 5.41) is 2.35. The maximum atomic E-state index is 14.2. The van der Waals surface area contributed by atoms with Crippen molar-refractivity contribution in [1.82, 2.24) is 14.1 Å². The van der Waals surface area contributed by atoms with E-state index in [4.69, 9.17) is 16.3 Å². The van der Waals surface area contributed by atoms with Gasteiger partial charge in [0, 0.05) is 44.3 Å². The van der Waals surface area contributed by atoms with E-state index < -0.39 is 16.0 Å². The number of hydrogen-bond donors (Lipinski definition) is 0.